The van der Waals surface area contributed by atoms with Gasteiger partial charge >= 0.3 is 0 Å². The molecule has 18 heavy (non-hydrogen) atoms. The van der Waals surface area contributed by atoms with Crippen LogP contribution in [-0.2, 0) is 6.54 Å². The Hall–Kier alpha value is -0.800. The van der Waals surface area contributed by atoms with Crippen LogP contribution in [0.4, 0.5) is 0 Å². The van der Waals surface area contributed by atoms with E-state index in [1.165, 1.54) is 25.1 Å². The Kier molecular flexibility index (Phi) is 4.46. The number of furan rings is 1. The van der Waals surface area contributed by atoms with Crippen molar-refractivity contribution in [2.24, 2.45) is 11.3 Å². The summed E-state index contributed by atoms with van der Waals surface area (Å²) in [6, 6.07) is 2.01. The number of nitrogens with zero attached hydrogens (tertiary/aromatic N) is 1. The van der Waals surface area contributed by atoms with Gasteiger partial charge in [-0.15, -0.1) is 0 Å². The molecule has 2 heterocycles. The van der Waals surface area contributed by atoms with Crippen LogP contribution in [0.15, 0.2) is 23.0 Å². The monoisotopic (exact) mass is 250 g/mol. The zero-order valence-electron chi connectivity index (χ0n) is 11.9. The van der Waals surface area contributed by atoms with E-state index in [1.807, 2.05) is 6.07 Å². The van der Waals surface area contributed by atoms with Crippen molar-refractivity contribution < 1.29 is 4.42 Å². The summed E-state index contributed by atoms with van der Waals surface area (Å²) in [7, 11) is 0. The maximum atomic E-state index is 5.05. The third-order valence-electron chi connectivity index (χ3n) is 4.01. The van der Waals surface area contributed by atoms with Crippen molar-refractivity contribution in [1.82, 2.24) is 10.2 Å². The second-order valence-electron chi connectivity index (χ2n) is 6.46. The van der Waals surface area contributed by atoms with Gasteiger partial charge in [-0.05, 0) is 30.4 Å². The van der Waals surface area contributed by atoms with Crippen LogP contribution in [0.3, 0.4) is 0 Å². The molecule has 0 spiro atoms. The van der Waals surface area contributed by atoms with Crippen LogP contribution in [0.5, 0.6) is 0 Å². The molecule has 1 atom stereocenters. The van der Waals surface area contributed by atoms with Crippen molar-refractivity contribution in [2.45, 2.75) is 33.7 Å². The lowest BCUT2D eigenvalue weighted by molar-refractivity contribution is 0.229. The third-order valence-corrected chi connectivity index (χ3v) is 4.01. The zero-order valence-corrected chi connectivity index (χ0v) is 11.9. The molecule has 1 N–H and O–H groups in total. The standard InChI is InChI=1S/C15H26N2O/c1-15(2,3)14-4-7-17(11-14)8-6-16-10-13-5-9-18-12-13/h5,9,12,14,16H,4,6-8,10-11H2,1-3H3. The van der Waals surface area contributed by atoms with Crippen LogP contribution in [0, 0.1) is 11.3 Å². The van der Waals surface area contributed by atoms with Crippen molar-refractivity contribution in [1.29, 1.82) is 0 Å². The molecule has 0 aromatic carbocycles. The molecule has 1 unspecified atom stereocenters. The topological polar surface area (TPSA) is 28.4 Å². The molecule has 1 aliphatic heterocycles. The highest BCUT2D eigenvalue weighted by Crippen LogP contribution is 2.33. The van der Waals surface area contributed by atoms with Gasteiger partial charge in [-0.3, -0.25) is 0 Å². The van der Waals surface area contributed by atoms with Gasteiger partial charge in [-0.2, -0.15) is 0 Å². The van der Waals surface area contributed by atoms with Gasteiger partial charge in [0.2, 0.25) is 0 Å². The summed E-state index contributed by atoms with van der Waals surface area (Å²) in [6.45, 7) is 12.7. The first-order chi connectivity index (χ1) is 8.55. The van der Waals surface area contributed by atoms with Crippen molar-refractivity contribution in [2.75, 3.05) is 26.2 Å². The van der Waals surface area contributed by atoms with Crippen molar-refractivity contribution >= 4 is 0 Å². The second kappa shape index (κ2) is 5.89. The summed E-state index contributed by atoms with van der Waals surface area (Å²) in [5.74, 6) is 0.853. The quantitative estimate of drug-likeness (QED) is 0.815. The van der Waals surface area contributed by atoms with Crippen LogP contribution >= 0.6 is 0 Å². The Balaban J connectivity index is 1.61. The summed E-state index contributed by atoms with van der Waals surface area (Å²) in [6.07, 6.45) is 4.88. The molecule has 1 fully saturated rings. The number of rotatable bonds is 5. The minimum absolute atomic E-state index is 0.457. The van der Waals surface area contributed by atoms with Gasteiger partial charge in [0.1, 0.15) is 0 Å². The van der Waals surface area contributed by atoms with Crippen molar-refractivity contribution in [3.63, 3.8) is 0 Å². The van der Waals surface area contributed by atoms with E-state index in [-0.39, 0.29) is 0 Å². The Bertz CT molecular complexity index is 340. The van der Waals surface area contributed by atoms with E-state index in [1.54, 1.807) is 12.5 Å². The Morgan fingerprint density at radius 1 is 1.44 bits per heavy atom. The van der Waals surface area contributed by atoms with E-state index in [0.29, 0.717) is 5.41 Å². The third kappa shape index (κ3) is 3.85. The molecule has 3 nitrogen and oxygen atoms in total. The largest absolute Gasteiger partial charge is 0.472 e. The molecule has 1 saturated heterocycles. The molecule has 0 amide bonds. The highest BCUT2D eigenvalue weighted by atomic mass is 16.3. The molecule has 1 aromatic rings. The van der Waals surface area contributed by atoms with E-state index in [4.69, 9.17) is 4.42 Å². The molecule has 2 rings (SSSR count). The average molecular weight is 250 g/mol. The van der Waals surface area contributed by atoms with Gasteiger partial charge in [0.05, 0.1) is 12.5 Å². The van der Waals surface area contributed by atoms with Gasteiger partial charge in [0.15, 0.2) is 0 Å². The predicted molar refractivity (Wildman–Crippen MR) is 74.4 cm³/mol. The fourth-order valence-corrected chi connectivity index (χ4v) is 2.61. The molecular weight excluding hydrogens is 224 g/mol. The fraction of sp³-hybridized carbons (Fsp3) is 0.733. The van der Waals surface area contributed by atoms with E-state index in [2.05, 4.69) is 31.0 Å². The SMILES string of the molecule is CC(C)(C)C1CCN(CCNCc2ccoc2)C1. The first kappa shape index (κ1) is 13.6. The molecule has 0 radical (unpaired) electrons. The Morgan fingerprint density at radius 2 is 2.28 bits per heavy atom. The van der Waals surface area contributed by atoms with Crippen molar-refractivity contribution in [3.8, 4) is 0 Å². The molecule has 0 bridgehead atoms. The highest BCUT2D eigenvalue weighted by Gasteiger charge is 2.31. The first-order valence-electron chi connectivity index (χ1n) is 7.00. The maximum absolute atomic E-state index is 5.05. The van der Waals surface area contributed by atoms with E-state index >= 15 is 0 Å². The minimum Gasteiger partial charge on any atom is -0.472 e. The normalized spacial score (nSPS) is 21.6. The molecule has 102 valence electrons. The minimum atomic E-state index is 0.457. The number of likely N-dealkylation sites (tertiary alicyclic amines) is 1. The lowest BCUT2D eigenvalue weighted by Crippen LogP contribution is -2.32. The lowest BCUT2D eigenvalue weighted by atomic mass is 9.80. The molecule has 1 aromatic heterocycles. The number of hydrogen-bond donors (Lipinski definition) is 1. The van der Waals surface area contributed by atoms with Crippen molar-refractivity contribution in [3.05, 3.63) is 24.2 Å². The highest BCUT2D eigenvalue weighted by molar-refractivity contribution is 5.04. The van der Waals surface area contributed by atoms with E-state index in [9.17, 15) is 0 Å². The van der Waals surface area contributed by atoms with E-state index < -0.39 is 0 Å². The van der Waals surface area contributed by atoms with E-state index in [0.717, 1.165) is 25.6 Å². The molecule has 3 heteroatoms. The lowest BCUT2D eigenvalue weighted by Gasteiger charge is -2.27. The summed E-state index contributed by atoms with van der Waals surface area (Å²) in [5, 5.41) is 3.47. The zero-order chi connectivity index (χ0) is 13.0. The Labute approximate surface area is 111 Å². The smallest absolute Gasteiger partial charge is 0.0947 e. The Morgan fingerprint density at radius 3 is 2.89 bits per heavy atom. The molecular formula is C15H26N2O. The van der Waals surface area contributed by atoms with Crippen LogP contribution in [0.1, 0.15) is 32.8 Å². The van der Waals surface area contributed by atoms with Crippen LogP contribution in [-0.4, -0.2) is 31.1 Å². The predicted octanol–water partition coefficient (Wildman–Crippen LogP) is 2.74. The van der Waals surface area contributed by atoms with Gasteiger partial charge < -0.3 is 14.6 Å². The second-order valence-corrected chi connectivity index (χ2v) is 6.46. The van der Waals surface area contributed by atoms with Crippen LogP contribution in [0.2, 0.25) is 0 Å². The summed E-state index contributed by atoms with van der Waals surface area (Å²) in [5.41, 5.74) is 1.68. The van der Waals surface area contributed by atoms with Gasteiger partial charge in [0, 0.05) is 31.7 Å². The number of hydrogen-bond acceptors (Lipinski definition) is 3. The van der Waals surface area contributed by atoms with Gasteiger partial charge in [-0.25, -0.2) is 0 Å². The maximum Gasteiger partial charge on any atom is 0.0947 e. The van der Waals surface area contributed by atoms with Gasteiger partial charge in [0.25, 0.3) is 0 Å². The summed E-state index contributed by atoms with van der Waals surface area (Å²) in [4.78, 5) is 2.58. The van der Waals surface area contributed by atoms with Crippen LogP contribution in [0.25, 0.3) is 0 Å². The molecule has 0 aliphatic carbocycles. The fourth-order valence-electron chi connectivity index (χ4n) is 2.61. The molecule has 1 aliphatic rings. The molecule has 0 saturated carbocycles. The average Bonchev–Trinajstić information content (AvgIpc) is 2.95. The first-order valence-corrected chi connectivity index (χ1v) is 7.00. The summed E-state index contributed by atoms with van der Waals surface area (Å²) >= 11 is 0. The van der Waals surface area contributed by atoms with Gasteiger partial charge in [-0.1, -0.05) is 20.8 Å². The summed E-state index contributed by atoms with van der Waals surface area (Å²) < 4.78 is 5.05. The number of nitrogens with one attached hydrogen (secondary N) is 1. The van der Waals surface area contributed by atoms with Crippen LogP contribution < -0.4 is 5.32 Å².